The molecule has 19 nitrogen and oxygen atoms in total. The van der Waals surface area contributed by atoms with Gasteiger partial charge in [-0.3, -0.25) is 0 Å². The summed E-state index contributed by atoms with van der Waals surface area (Å²) in [4.78, 5) is 34.5. The Hall–Kier alpha value is -2.11. The van der Waals surface area contributed by atoms with Crippen LogP contribution in [0.3, 0.4) is 0 Å². The van der Waals surface area contributed by atoms with E-state index in [0.29, 0.717) is 0 Å². The van der Waals surface area contributed by atoms with E-state index in [4.69, 9.17) is 24.1 Å². The third-order valence-corrected chi connectivity index (χ3v) is 5.99. The summed E-state index contributed by atoms with van der Waals surface area (Å²) >= 11 is 0. The second-order valence-corrected chi connectivity index (χ2v) is 8.45. The molecule has 3 fully saturated rings. The number of rotatable bonds is 7. The molecule has 0 radical (unpaired) electrons. The van der Waals surface area contributed by atoms with Crippen molar-refractivity contribution in [2.45, 2.75) is 92.1 Å². The number of carboxylic acid groups (broad SMARTS) is 3. The maximum Gasteiger partial charge on any atom is 0.335 e. The number of hydrogen-bond acceptors (Lipinski definition) is 16. The maximum absolute atomic E-state index is 11.8. The van der Waals surface area contributed by atoms with E-state index in [0.717, 1.165) is 0 Å². The van der Waals surface area contributed by atoms with Gasteiger partial charge < -0.3 is 79.9 Å². The number of hydrogen-bond donors (Lipinski definition) is 11. The minimum absolute atomic E-state index is 1.79. The number of carboxylic acids is 3. The lowest BCUT2D eigenvalue weighted by atomic mass is 9.95. The van der Waals surface area contributed by atoms with Gasteiger partial charge in [0.1, 0.15) is 54.9 Å². The summed E-state index contributed by atoms with van der Waals surface area (Å²) in [5.74, 6) is -5.46. The van der Waals surface area contributed by atoms with Gasteiger partial charge in [-0.15, -0.1) is 0 Å². The van der Waals surface area contributed by atoms with Crippen LogP contribution < -0.4 is 0 Å². The van der Waals surface area contributed by atoms with E-state index in [2.05, 4.69) is 4.74 Å². The fourth-order valence-electron chi connectivity index (χ4n) is 3.98. The molecule has 0 aliphatic carbocycles. The molecule has 3 aliphatic rings. The summed E-state index contributed by atoms with van der Waals surface area (Å²) in [7, 11) is 0. The molecule has 0 aromatic carbocycles. The van der Waals surface area contributed by atoms with Crippen molar-refractivity contribution in [3.05, 3.63) is 0 Å². The molecule has 19 heteroatoms. The molecular weight excluding hydrogens is 520 g/mol. The largest absolute Gasteiger partial charge is 0.479 e. The summed E-state index contributed by atoms with van der Waals surface area (Å²) in [6.45, 7) is 0. The fourth-order valence-corrected chi connectivity index (χ4v) is 3.98. The zero-order valence-corrected chi connectivity index (χ0v) is 18.3. The monoisotopic (exact) mass is 546 g/mol. The van der Waals surface area contributed by atoms with Crippen LogP contribution in [-0.4, -0.2) is 166 Å². The molecule has 0 amide bonds. The van der Waals surface area contributed by atoms with Crippen LogP contribution in [0.2, 0.25) is 0 Å². The molecule has 15 unspecified atom stereocenters. The van der Waals surface area contributed by atoms with Crippen LogP contribution in [0.15, 0.2) is 0 Å². The van der Waals surface area contributed by atoms with Gasteiger partial charge in [-0.1, -0.05) is 0 Å². The highest BCUT2D eigenvalue weighted by Gasteiger charge is 2.56. The first-order chi connectivity index (χ1) is 17.2. The minimum atomic E-state index is -2.29. The Bertz CT molecular complexity index is 853. The standard InChI is InChI=1S/C18H26O19/c19-1-2(20)10(13(26)27)36-17(6(1)24)35-9-4(22)7(25)18(37-12(9)15(30)31)34-8-3(21)5(23)16(32)33-11(8)14(28)29/h1-12,16-25,32H,(H,26,27)(H,28,29)(H,30,31). The first kappa shape index (κ1) is 29.4. The van der Waals surface area contributed by atoms with Crippen molar-refractivity contribution in [3.8, 4) is 0 Å². The summed E-state index contributed by atoms with van der Waals surface area (Å²) in [6, 6.07) is 0. The van der Waals surface area contributed by atoms with Gasteiger partial charge in [0, 0.05) is 0 Å². The molecule has 0 aromatic rings. The molecular formula is C18H26O19. The highest BCUT2D eigenvalue weighted by Crippen LogP contribution is 2.32. The summed E-state index contributed by atoms with van der Waals surface area (Å²) < 4.78 is 24.8. The number of carbonyl (C=O) groups is 3. The molecule has 212 valence electrons. The molecule has 37 heavy (non-hydrogen) atoms. The number of aliphatic carboxylic acids is 3. The van der Waals surface area contributed by atoms with E-state index in [9.17, 15) is 65.4 Å². The van der Waals surface area contributed by atoms with Crippen LogP contribution in [-0.2, 0) is 38.1 Å². The average Bonchev–Trinajstić information content (AvgIpc) is 2.82. The highest BCUT2D eigenvalue weighted by molar-refractivity contribution is 5.74. The molecule has 3 saturated heterocycles. The molecule has 3 aliphatic heterocycles. The molecule has 0 aromatic heterocycles. The molecule has 0 saturated carbocycles. The van der Waals surface area contributed by atoms with Crippen molar-refractivity contribution >= 4 is 17.9 Å². The van der Waals surface area contributed by atoms with E-state index >= 15 is 0 Å². The van der Waals surface area contributed by atoms with Gasteiger partial charge in [-0.05, 0) is 0 Å². The maximum atomic E-state index is 11.8. The Morgan fingerprint density at radius 2 is 0.838 bits per heavy atom. The van der Waals surface area contributed by atoms with Gasteiger partial charge >= 0.3 is 17.9 Å². The van der Waals surface area contributed by atoms with Crippen LogP contribution in [0, 0.1) is 0 Å². The Labute approximate surface area is 205 Å². The average molecular weight is 546 g/mol. The second kappa shape index (κ2) is 11.3. The quantitative estimate of drug-likeness (QED) is 0.141. The van der Waals surface area contributed by atoms with Gasteiger partial charge in [0.25, 0.3) is 0 Å². The summed E-state index contributed by atoms with van der Waals surface area (Å²) in [5, 5.41) is 108. The van der Waals surface area contributed by atoms with Crippen molar-refractivity contribution in [1.82, 2.24) is 0 Å². The Morgan fingerprint density at radius 1 is 0.459 bits per heavy atom. The van der Waals surface area contributed by atoms with E-state index in [1.807, 2.05) is 0 Å². The van der Waals surface area contributed by atoms with Crippen LogP contribution >= 0.6 is 0 Å². The smallest absolute Gasteiger partial charge is 0.335 e. The minimum Gasteiger partial charge on any atom is -0.479 e. The first-order valence-corrected chi connectivity index (χ1v) is 10.6. The topological polar surface area (TPSA) is 320 Å². The third kappa shape index (κ3) is 5.68. The molecule has 3 heterocycles. The zero-order chi connectivity index (χ0) is 27.9. The van der Waals surface area contributed by atoms with Crippen molar-refractivity contribution in [3.63, 3.8) is 0 Å². The lowest BCUT2D eigenvalue weighted by molar-refractivity contribution is -0.368. The molecule has 11 N–H and O–H groups in total. The Morgan fingerprint density at radius 3 is 1.30 bits per heavy atom. The number of ether oxygens (including phenoxy) is 5. The van der Waals surface area contributed by atoms with E-state index in [1.165, 1.54) is 0 Å². The predicted octanol–water partition coefficient (Wildman–Crippen LogP) is -7.30. The normalized spacial score (nSPS) is 48.8. The lowest BCUT2D eigenvalue weighted by Crippen LogP contribution is -2.67. The fraction of sp³-hybridized carbons (Fsp3) is 0.833. The van der Waals surface area contributed by atoms with E-state index < -0.39 is 110 Å². The van der Waals surface area contributed by atoms with Gasteiger partial charge in [-0.25, -0.2) is 14.4 Å². The van der Waals surface area contributed by atoms with Crippen molar-refractivity contribution in [2.75, 3.05) is 0 Å². The van der Waals surface area contributed by atoms with Gasteiger partial charge in [-0.2, -0.15) is 0 Å². The number of aliphatic hydroxyl groups excluding tert-OH is 8. The van der Waals surface area contributed by atoms with E-state index in [1.54, 1.807) is 0 Å². The summed E-state index contributed by atoms with van der Waals surface area (Å²) in [5.41, 5.74) is 0. The van der Waals surface area contributed by atoms with Crippen LogP contribution in [0.5, 0.6) is 0 Å². The van der Waals surface area contributed by atoms with Gasteiger partial charge in [0.05, 0.1) is 0 Å². The first-order valence-electron chi connectivity index (χ1n) is 10.6. The Kier molecular flexibility index (Phi) is 9.01. The summed E-state index contributed by atoms with van der Waals surface area (Å²) in [6.07, 6.45) is -32.5. The van der Waals surface area contributed by atoms with Gasteiger partial charge in [0.15, 0.2) is 37.2 Å². The second-order valence-electron chi connectivity index (χ2n) is 8.45. The van der Waals surface area contributed by atoms with Crippen molar-refractivity contribution in [1.29, 1.82) is 0 Å². The molecule has 0 bridgehead atoms. The third-order valence-electron chi connectivity index (χ3n) is 5.99. The SMILES string of the molecule is O=C(O)C1OC(OC2C(C(=O)O)OC(OC3C(C(=O)O)OC(O)C(O)C3O)C(O)C2O)C(O)C(O)C1O. The van der Waals surface area contributed by atoms with E-state index in [-0.39, 0.29) is 0 Å². The van der Waals surface area contributed by atoms with Crippen LogP contribution in [0.1, 0.15) is 0 Å². The molecule has 0 spiro atoms. The molecule has 15 atom stereocenters. The predicted molar refractivity (Wildman–Crippen MR) is 103 cm³/mol. The van der Waals surface area contributed by atoms with Crippen LogP contribution in [0.4, 0.5) is 0 Å². The zero-order valence-electron chi connectivity index (χ0n) is 18.3. The highest BCUT2D eigenvalue weighted by atomic mass is 16.8. The Balaban J connectivity index is 1.81. The van der Waals surface area contributed by atoms with Crippen LogP contribution in [0.25, 0.3) is 0 Å². The van der Waals surface area contributed by atoms with Crippen molar-refractivity contribution in [2.24, 2.45) is 0 Å². The van der Waals surface area contributed by atoms with Crippen molar-refractivity contribution < 1.29 is 94.2 Å². The van der Waals surface area contributed by atoms with Gasteiger partial charge in [0.2, 0.25) is 0 Å². The molecule has 3 rings (SSSR count). The lowest BCUT2D eigenvalue weighted by Gasteiger charge is -2.46. The number of aliphatic hydroxyl groups is 8.